The van der Waals surface area contributed by atoms with Crippen molar-refractivity contribution in [2.75, 3.05) is 0 Å². The van der Waals surface area contributed by atoms with Gasteiger partial charge < -0.3 is 10.5 Å². The van der Waals surface area contributed by atoms with Gasteiger partial charge in [0.05, 0.1) is 5.56 Å². The van der Waals surface area contributed by atoms with Crippen LogP contribution in [0.2, 0.25) is 10.0 Å². The van der Waals surface area contributed by atoms with Gasteiger partial charge in [0.1, 0.15) is 17.3 Å². The van der Waals surface area contributed by atoms with Crippen molar-refractivity contribution >= 4 is 45.0 Å². The monoisotopic (exact) mass is 358 g/mol. The van der Waals surface area contributed by atoms with Crippen molar-refractivity contribution in [1.82, 2.24) is 0 Å². The second kappa shape index (κ2) is 5.82. The lowest BCUT2D eigenvalue weighted by Gasteiger charge is -2.11. The predicted molar refractivity (Wildman–Crippen MR) is 81.7 cm³/mol. The molecule has 0 saturated carbocycles. The summed E-state index contributed by atoms with van der Waals surface area (Å²) in [6.45, 7) is 0. The molecule has 0 saturated heterocycles. The number of amidine groups is 1. The first-order valence-electron chi connectivity index (χ1n) is 5.23. The second-order valence-electron chi connectivity index (χ2n) is 3.76. The zero-order chi connectivity index (χ0) is 14.0. The maximum absolute atomic E-state index is 7.53. The molecular weight excluding hydrogens is 351 g/mol. The van der Waals surface area contributed by atoms with Gasteiger partial charge in [-0.2, -0.15) is 0 Å². The van der Waals surface area contributed by atoms with E-state index in [1.165, 1.54) is 0 Å². The highest BCUT2D eigenvalue weighted by Crippen LogP contribution is 2.31. The van der Waals surface area contributed by atoms with Gasteiger partial charge in [0.25, 0.3) is 0 Å². The van der Waals surface area contributed by atoms with Gasteiger partial charge in [-0.05, 0) is 36.4 Å². The number of hydrogen-bond acceptors (Lipinski definition) is 2. The van der Waals surface area contributed by atoms with Gasteiger partial charge >= 0.3 is 0 Å². The summed E-state index contributed by atoms with van der Waals surface area (Å²) in [7, 11) is 0. The number of rotatable bonds is 3. The largest absolute Gasteiger partial charge is 0.456 e. The van der Waals surface area contributed by atoms with E-state index in [-0.39, 0.29) is 5.84 Å². The van der Waals surface area contributed by atoms with E-state index in [1.54, 1.807) is 36.4 Å². The summed E-state index contributed by atoms with van der Waals surface area (Å²) < 4.78 is 6.51. The lowest BCUT2D eigenvalue weighted by atomic mass is 10.2. The molecule has 0 aliphatic heterocycles. The standard InChI is InChI=1S/C13H9BrCl2N2O/c14-7-1-2-11(13(17)18)12(3-7)19-10-5-8(15)4-9(16)6-10/h1-6H,(H3,17,18). The van der Waals surface area contributed by atoms with E-state index in [2.05, 4.69) is 15.9 Å². The van der Waals surface area contributed by atoms with E-state index >= 15 is 0 Å². The molecule has 2 aromatic carbocycles. The smallest absolute Gasteiger partial charge is 0.139 e. The van der Waals surface area contributed by atoms with Crippen molar-refractivity contribution in [1.29, 1.82) is 5.41 Å². The van der Waals surface area contributed by atoms with E-state index in [9.17, 15) is 0 Å². The van der Waals surface area contributed by atoms with Crippen LogP contribution in [-0.2, 0) is 0 Å². The first-order valence-corrected chi connectivity index (χ1v) is 6.78. The summed E-state index contributed by atoms with van der Waals surface area (Å²) >= 11 is 15.2. The highest BCUT2D eigenvalue weighted by atomic mass is 79.9. The quantitative estimate of drug-likeness (QED) is 0.608. The van der Waals surface area contributed by atoms with Crippen LogP contribution >= 0.6 is 39.1 Å². The Hall–Kier alpha value is -1.23. The summed E-state index contributed by atoms with van der Waals surface area (Å²) in [5, 5.41) is 8.48. The molecular formula is C13H9BrCl2N2O. The number of benzene rings is 2. The van der Waals surface area contributed by atoms with Gasteiger partial charge in [-0.1, -0.05) is 39.1 Å². The van der Waals surface area contributed by atoms with Gasteiger partial charge in [0.2, 0.25) is 0 Å². The number of ether oxygens (including phenoxy) is 1. The molecule has 0 aliphatic carbocycles. The molecule has 0 radical (unpaired) electrons. The topological polar surface area (TPSA) is 59.1 Å². The zero-order valence-electron chi connectivity index (χ0n) is 9.58. The van der Waals surface area contributed by atoms with E-state index < -0.39 is 0 Å². The first kappa shape index (κ1) is 14.2. The number of nitrogen functional groups attached to an aromatic ring is 1. The molecule has 3 N–H and O–H groups in total. The summed E-state index contributed by atoms with van der Waals surface area (Å²) in [5.41, 5.74) is 6.01. The van der Waals surface area contributed by atoms with Crippen molar-refractivity contribution in [2.24, 2.45) is 5.73 Å². The number of nitrogens with one attached hydrogen (secondary N) is 1. The van der Waals surface area contributed by atoms with E-state index in [1.807, 2.05) is 0 Å². The molecule has 0 heterocycles. The Balaban J connectivity index is 2.42. The van der Waals surface area contributed by atoms with Crippen LogP contribution < -0.4 is 10.5 Å². The summed E-state index contributed by atoms with van der Waals surface area (Å²) in [6.07, 6.45) is 0. The average Bonchev–Trinajstić information content (AvgIpc) is 2.26. The van der Waals surface area contributed by atoms with Gasteiger partial charge in [-0.15, -0.1) is 0 Å². The maximum atomic E-state index is 7.53. The molecule has 0 spiro atoms. The molecule has 2 rings (SSSR count). The van der Waals surface area contributed by atoms with Crippen LogP contribution in [0.3, 0.4) is 0 Å². The number of nitrogens with two attached hydrogens (primary N) is 1. The Bertz CT molecular complexity index is 626. The third kappa shape index (κ3) is 3.62. The van der Waals surface area contributed by atoms with Crippen molar-refractivity contribution in [2.45, 2.75) is 0 Å². The fourth-order valence-corrected chi connectivity index (χ4v) is 2.36. The number of hydrogen-bond donors (Lipinski definition) is 2. The molecule has 0 atom stereocenters. The van der Waals surface area contributed by atoms with Crippen LogP contribution in [0.15, 0.2) is 40.9 Å². The van der Waals surface area contributed by atoms with Crippen LogP contribution in [0.1, 0.15) is 5.56 Å². The maximum Gasteiger partial charge on any atom is 0.139 e. The van der Waals surface area contributed by atoms with Crippen LogP contribution in [0.5, 0.6) is 11.5 Å². The van der Waals surface area contributed by atoms with Crippen molar-refractivity contribution < 1.29 is 4.74 Å². The van der Waals surface area contributed by atoms with Gasteiger partial charge in [0, 0.05) is 14.5 Å². The zero-order valence-corrected chi connectivity index (χ0v) is 12.7. The molecule has 98 valence electrons. The van der Waals surface area contributed by atoms with Crippen molar-refractivity contribution in [3.8, 4) is 11.5 Å². The molecule has 19 heavy (non-hydrogen) atoms. The van der Waals surface area contributed by atoms with Gasteiger partial charge in [-0.25, -0.2) is 0 Å². The highest BCUT2D eigenvalue weighted by Gasteiger charge is 2.09. The third-order valence-electron chi connectivity index (χ3n) is 2.30. The normalized spacial score (nSPS) is 10.3. The molecule has 0 aromatic heterocycles. The van der Waals surface area contributed by atoms with Gasteiger partial charge in [0.15, 0.2) is 0 Å². The molecule has 0 aliphatic rings. The number of halogens is 3. The minimum atomic E-state index is -0.0735. The lowest BCUT2D eigenvalue weighted by molar-refractivity contribution is 0.481. The lowest BCUT2D eigenvalue weighted by Crippen LogP contribution is -2.12. The molecule has 3 nitrogen and oxygen atoms in total. The van der Waals surface area contributed by atoms with E-state index in [0.717, 1.165) is 4.47 Å². The Morgan fingerprint density at radius 3 is 2.32 bits per heavy atom. The van der Waals surface area contributed by atoms with Crippen LogP contribution in [-0.4, -0.2) is 5.84 Å². The molecule has 6 heteroatoms. The first-order chi connectivity index (χ1) is 8.95. The summed E-state index contributed by atoms with van der Waals surface area (Å²) in [4.78, 5) is 0. The minimum Gasteiger partial charge on any atom is -0.456 e. The molecule has 0 fully saturated rings. The highest BCUT2D eigenvalue weighted by molar-refractivity contribution is 9.10. The summed E-state index contributed by atoms with van der Waals surface area (Å²) in [6, 6.07) is 10.1. The van der Waals surface area contributed by atoms with E-state index in [4.69, 9.17) is 39.1 Å². The van der Waals surface area contributed by atoms with E-state index in [0.29, 0.717) is 27.1 Å². The Kier molecular flexibility index (Phi) is 4.34. The summed E-state index contributed by atoms with van der Waals surface area (Å²) in [5.74, 6) is 0.869. The van der Waals surface area contributed by atoms with Crippen LogP contribution in [0.25, 0.3) is 0 Å². The molecule has 0 bridgehead atoms. The minimum absolute atomic E-state index is 0.0735. The third-order valence-corrected chi connectivity index (χ3v) is 3.23. The molecule has 0 amide bonds. The molecule has 0 unspecified atom stereocenters. The van der Waals surface area contributed by atoms with Gasteiger partial charge in [-0.3, -0.25) is 5.41 Å². The fraction of sp³-hybridized carbons (Fsp3) is 0. The SMILES string of the molecule is N=C(N)c1ccc(Br)cc1Oc1cc(Cl)cc(Cl)c1. The van der Waals surface area contributed by atoms with Crippen LogP contribution in [0, 0.1) is 5.41 Å². The van der Waals surface area contributed by atoms with Crippen LogP contribution in [0.4, 0.5) is 0 Å². The fourth-order valence-electron chi connectivity index (χ4n) is 1.52. The average molecular weight is 360 g/mol. The second-order valence-corrected chi connectivity index (χ2v) is 5.55. The van der Waals surface area contributed by atoms with Crippen molar-refractivity contribution in [3.63, 3.8) is 0 Å². The predicted octanol–water partition coefficient (Wildman–Crippen LogP) is 4.83. The molecule has 2 aromatic rings. The van der Waals surface area contributed by atoms with Crippen molar-refractivity contribution in [3.05, 3.63) is 56.5 Å². The Labute approximate surface area is 128 Å². The Morgan fingerprint density at radius 2 is 1.74 bits per heavy atom. The Morgan fingerprint density at radius 1 is 1.11 bits per heavy atom.